The number of aromatic nitrogens is 3. The van der Waals surface area contributed by atoms with E-state index in [0.29, 0.717) is 48.4 Å². The van der Waals surface area contributed by atoms with E-state index < -0.39 is 10.0 Å². The predicted octanol–water partition coefficient (Wildman–Crippen LogP) is 3.12. The number of hydrogen-bond donors (Lipinski definition) is 1. The van der Waals surface area contributed by atoms with Crippen molar-refractivity contribution in [2.45, 2.75) is 37.5 Å². The van der Waals surface area contributed by atoms with Crippen molar-refractivity contribution in [1.82, 2.24) is 19.4 Å². The Morgan fingerprint density at radius 3 is 2.62 bits per heavy atom. The van der Waals surface area contributed by atoms with Gasteiger partial charge in [0.15, 0.2) is 0 Å². The van der Waals surface area contributed by atoms with E-state index in [1.165, 1.54) is 0 Å². The molecular weight excluding hydrogens is 430 g/mol. The first-order valence-corrected chi connectivity index (χ1v) is 12.0. The van der Waals surface area contributed by atoms with Crippen LogP contribution in [0.15, 0.2) is 58.2 Å². The topological polar surface area (TPSA) is 118 Å². The van der Waals surface area contributed by atoms with E-state index in [2.05, 4.69) is 27.4 Å². The number of aryl methyl sites for hydroxylation is 1. The lowest BCUT2D eigenvalue weighted by Crippen LogP contribution is -2.37. The number of piperidine rings is 1. The average molecular weight is 456 g/mol. The highest BCUT2D eigenvalue weighted by atomic mass is 32.2. The Balaban J connectivity index is 1.36. The Hall–Kier alpha value is -3.11. The summed E-state index contributed by atoms with van der Waals surface area (Å²) in [5, 5.41) is 6.70. The van der Waals surface area contributed by atoms with Gasteiger partial charge in [0.05, 0.1) is 16.8 Å². The Morgan fingerprint density at radius 2 is 1.94 bits per heavy atom. The fourth-order valence-corrected chi connectivity index (χ4v) is 4.97. The first kappa shape index (κ1) is 22.1. The second-order valence-electron chi connectivity index (χ2n) is 7.91. The Labute approximate surface area is 186 Å². The molecule has 0 aliphatic carbocycles. The molecule has 4 rings (SSSR count). The van der Waals surface area contributed by atoms with Crippen LogP contribution in [0.25, 0.3) is 11.4 Å². The summed E-state index contributed by atoms with van der Waals surface area (Å²) in [6.07, 6.45) is 5.43. The molecule has 1 amide bonds. The van der Waals surface area contributed by atoms with Gasteiger partial charge < -0.3 is 9.84 Å². The van der Waals surface area contributed by atoms with Crippen molar-refractivity contribution in [3.05, 3.63) is 54.7 Å². The van der Waals surface area contributed by atoms with Gasteiger partial charge in [-0.25, -0.2) is 8.42 Å². The van der Waals surface area contributed by atoms with Gasteiger partial charge in [-0.2, -0.15) is 9.29 Å². The summed E-state index contributed by atoms with van der Waals surface area (Å²) in [6.45, 7) is 3.24. The van der Waals surface area contributed by atoms with Gasteiger partial charge in [0.2, 0.25) is 27.6 Å². The summed E-state index contributed by atoms with van der Waals surface area (Å²) in [7, 11) is -3.50. The standard InChI is InChI=1S/C22H25N5O4S/c1-16-10-13-27(14-11-16)32(29,30)19-6-4-17(5-7-19)22-25-21(31-26-22)9-8-20(28)24-18-3-2-12-23-15-18/h2-7,12,15-16H,8-11,13-14H2,1H3,(H,24,28). The van der Waals surface area contributed by atoms with Gasteiger partial charge in [0, 0.05) is 37.7 Å². The zero-order chi connectivity index (χ0) is 22.6. The largest absolute Gasteiger partial charge is 0.339 e. The van der Waals surface area contributed by atoms with Crippen LogP contribution in [0.4, 0.5) is 5.69 Å². The molecule has 168 valence electrons. The monoisotopic (exact) mass is 455 g/mol. The smallest absolute Gasteiger partial charge is 0.243 e. The van der Waals surface area contributed by atoms with Crippen molar-refractivity contribution in [3.8, 4) is 11.4 Å². The number of carbonyl (C=O) groups is 1. The third kappa shape index (κ3) is 5.20. The minimum atomic E-state index is -3.50. The fraction of sp³-hybridized carbons (Fsp3) is 0.364. The number of nitrogens with one attached hydrogen (secondary N) is 1. The summed E-state index contributed by atoms with van der Waals surface area (Å²) in [6, 6.07) is 9.97. The van der Waals surface area contributed by atoms with Crippen LogP contribution in [-0.2, 0) is 21.2 Å². The average Bonchev–Trinajstić information content (AvgIpc) is 3.28. The van der Waals surface area contributed by atoms with Crippen molar-refractivity contribution >= 4 is 21.6 Å². The third-order valence-corrected chi connectivity index (χ3v) is 7.39. The number of sulfonamides is 1. The summed E-state index contributed by atoms with van der Waals surface area (Å²) < 4.78 is 32.5. The van der Waals surface area contributed by atoms with Crippen LogP contribution < -0.4 is 5.32 Å². The molecule has 3 heterocycles. The van der Waals surface area contributed by atoms with E-state index in [0.717, 1.165) is 12.8 Å². The highest BCUT2D eigenvalue weighted by Crippen LogP contribution is 2.25. The molecule has 0 radical (unpaired) electrons. The molecule has 0 atom stereocenters. The molecule has 10 heteroatoms. The maximum absolute atomic E-state index is 12.9. The fourth-order valence-electron chi connectivity index (χ4n) is 3.50. The molecule has 0 saturated carbocycles. The number of benzene rings is 1. The van der Waals surface area contributed by atoms with Gasteiger partial charge in [-0.3, -0.25) is 9.78 Å². The molecule has 0 bridgehead atoms. The first-order valence-electron chi connectivity index (χ1n) is 10.5. The van der Waals surface area contributed by atoms with Crippen molar-refractivity contribution < 1.29 is 17.7 Å². The van der Waals surface area contributed by atoms with Gasteiger partial charge in [-0.15, -0.1) is 0 Å². The second kappa shape index (κ2) is 9.58. The molecule has 1 aromatic carbocycles. The lowest BCUT2D eigenvalue weighted by atomic mass is 10.0. The SMILES string of the molecule is CC1CCN(S(=O)(=O)c2ccc(-c3noc(CCC(=O)Nc4cccnc4)n3)cc2)CC1. The maximum atomic E-state index is 12.9. The van der Waals surface area contributed by atoms with Gasteiger partial charge >= 0.3 is 0 Å². The first-order chi connectivity index (χ1) is 15.4. The number of hydrogen-bond acceptors (Lipinski definition) is 7. The lowest BCUT2D eigenvalue weighted by Gasteiger charge is -2.29. The zero-order valence-corrected chi connectivity index (χ0v) is 18.6. The molecule has 1 aliphatic heterocycles. The quantitative estimate of drug-likeness (QED) is 0.581. The van der Waals surface area contributed by atoms with E-state index >= 15 is 0 Å². The van der Waals surface area contributed by atoms with Gasteiger partial charge in [-0.1, -0.05) is 12.1 Å². The van der Waals surface area contributed by atoms with Crippen LogP contribution >= 0.6 is 0 Å². The van der Waals surface area contributed by atoms with Gasteiger partial charge in [-0.05, 0) is 55.2 Å². The number of carbonyl (C=O) groups excluding carboxylic acids is 1. The third-order valence-electron chi connectivity index (χ3n) is 5.47. The second-order valence-corrected chi connectivity index (χ2v) is 9.85. The van der Waals surface area contributed by atoms with Gasteiger partial charge in [0.1, 0.15) is 0 Å². The normalized spacial score (nSPS) is 15.5. The number of anilines is 1. The summed E-state index contributed by atoms with van der Waals surface area (Å²) in [5.74, 6) is 1.06. The molecule has 2 aromatic heterocycles. The van der Waals surface area contributed by atoms with Crippen LogP contribution in [-0.4, -0.2) is 46.8 Å². The predicted molar refractivity (Wildman–Crippen MR) is 118 cm³/mol. The highest BCUT2D eigenvalue weighted by molar-refractivity contribution is 7.89. The van der Waals surface area contributed by atoms with E-state index in [-0.39, 0.29) is 17.2 Å². The summed E-state index contributed by atoms with van der Waals surface area (Å²) in [5.41, 5.74) is 1.27. The van der Waals surface area contributed by atoms with Crippen molar-refractivity contribution in [2.75, 3.05) is 18.4 Å². The summed E-state index contributed by atoms with van der Waals surface area (Å²) in [4.78, 5) is 20.6. The Kier molecular flexibility index (Phi) is 6.61. The molecule has 1 fully saturated rings. The van der Waals surface area contributed by atoms with Crippen molar-refractivity contribution in [1.29, 1.82) is 0 Å². The van der Waals surface area contributed by atoms with Crippen LogP contribution in [0.2, 0.25) is 0 Å². The molecule has 1 N–H and O–H groups in total. The Bertz CT molecular complexity index is 1150. The Morgan fingerprint density at radius 1 is 1.19 bits per heavy atom. The van der Waals surface area contributed by atoms with E-state index in [1.54, 1.807) is 53.1 Å². The van der Waals surface area contributed by atoms with Crippen molar-refractivity contribution in [2.24, 2.45) is 5.92 Å². The molecule has 0 unspecified atom stereocenters. The van der Waals surface area contributed by atoms with E-state index in [1.807, 2.05) is 0 Å². The summed E-state index contributed by atoms with van der Waals surface area (Å²) >= 11 is 0. The van der Waals surface area contributed by atoms with Crippen LogP contribution in [0.3, 0.4) is 0 Å². The van der Waals surface area contributed by atoms with E-state index in [4.69, 9.17) is 4.52 Å². The highest BCUT2D eigenvalue weighted by Gasteiger charge is 2.28. The van der Waals surface area contributed by atoms with Crippen molar-refractivity contribution in [3.63, 3.8) is 0 Å². The number of amides is 1. The molecule has 0 spiro atoms. The number of pyridine rings is 1. The van der Waals surface area contributed by atoms with Crippen LogP contribution in [0.5, 0.6) is 0 Å². The van der Waals surface area contributed by atoms with E-state index in [9.17, 15) is 13.2 Å². The van der Waals surface area contributed by atoms with Crippen LogP contribution in [0, 0.1) is 5.92 Å². The minimum Gasteiger partial charge on any atom is -0.339 e. The molecule has 3 aromatic rings. The molecule has 1 saturated heterocycles. The molecule has 9 nitrogen and oxygen atoms in total. The maximum Gasteiger partial charge on any atom is 0.243 e. The molecule has 32 heavy (non-hydrogen) atoms. The van der Waals surface area contributed by atoms with Gasteiger partial charge in [0.25, 0.3) is 0 Å². The minimum absolute atomic E-state index is 0.181. The zero-order valence-electron chi connectivity index (χ0n) is 17.8. The molecular formula is C22H25N5O4S. The lowest BCUT2D eigenvalue weighted by molar-refractivity contribution is -0.116. The number of rotatable bonds is 7. The molecule has 1 aliphatic rings. The number of nitrogens with zero attached hydrogens (tertiary/aromatic N) is 4. The van der Waals surface area contributed by atoms with Crippen LogP contribution in [0.1, 0.15) is 32.1 Å².